The van der Waals surface area contributed by atoms with Gasteiger partial charge in [-0.05, 0) is 18.2 Å². The fraction of sp³-hybridized carbons (Fsp3) is 0.235. The highest BCUT2D eigenvalue weighted by molar-refractivity contribution is 6.01. The number of fused-ring (bicyclic) bond motifs is 2. The number of hydrogen-bond acceptors (Lipinski definition) is 4. The molecule has 0 aliphatic carbocycles. The number of benzene rings is 1. The number of allylic oxidation sites excluding steroid dienone is 1. The van der Waals surface area contributed by atoms with Crippen LogP contribution in [0.15, 0.2) is 41.5 Å². The van der Waals surface area contributed by atoms with Crippen molar-refractivity contribution in [1.29, 1.82) is 0 Å². The number of aromatic nitrogens is 1. The summed E-state index contributed by atoms with van der Waals surface area (Å²) >= 11 is 0. The van der Waals surface area contributed by atoms with E-state index in [1.165, 1.54) is 0 Å². The number of rotatable bonds is 3. The molecule has 2 aromatic heterocycles. The number of furan rings is 1. The van der Waals surface area contributed by atoms with E-state index in [2.05, 4.69) is 11.6 Å². The lowest BCUT2D eigenvalue weighted by molar-refractivity contribution is 0.423. The van der Waals surface area contributed by atoms with Crippen LogP contribution in [0.4, 0.5) is 0 Å². The van der Waals surface area contributed by atoms with Crippen molar-refractivity contribution in [2.75, 3.05) is 7.11 Å². The fourth-order valence-electron chi connectivity index (χ4n) is 2.64. The van der Waals surface area contributed by atoms with Gasteiger partial charge in [0.15, 0.2) is 0 Å². The summed E-state index contributed by atoms with van der Waals surface area (Å²) < 4.78 is 10.9. The Labute approximate surface area is 122 Å². The smallest absolute Gasteiger partial charge is 0.230 e. The summed E-state index contributed by atoms with van der Waals surface area (Å²) in [6.45, 7) is 7.82. The van der Waals surface area contributed by atoms with E-state index in [1.807, 2.05) is 26.0 Å². The minimum Gasteiger partial charge on any atom is -0.508 e. The molecular weight excluding hydrogens is 266 g/mol. The third kappa shape index (κ3) is 1.87. The Morgan fingerprint density at radius 1 is 1.29 bits per heavy atom. The van der Waals surface area contributed by atoms with E-state index in [1.54, 1.807) is 25.5 Å². The molecule has 4 heteroatoms. The number of phenols is 1. The second-order valence-electron chi connectivity index (χ2n) is 5.57. The molecule has 0 aliphatic heterocycles. The minimum absolute atomic E-state index is 0.188. The van der Waals surface area contributed by atoms with Gasteiger partial charge in [0, 0.05) is 16.4 Å². The molecule has 0 bridgehead atoms. The van der Waals surface area contributed by atoms with Gasteiger partial charge in [-0.1, -0.05) is 19.9 Å². The molecule has 0 atom stereocenters. The summed E-state index contributed by atoms with van der Waals surface area (Å²) in [4.78, 5) is 4.57. The van der Waals surface area contributed by atoms with Gasteiger partial charge in [0.1, 0.15) is 11.5 Å². The van der Waals surface area contributed by atoms with Crippen molar-refractivity contribution in [2.24, 2.45) is 0 Å². The lowest BCUT2D eigenvalue weighted by atomic mass is 9.82. The molecule has 0 saturated heterocycles. The van der Waals surface area contributed by atoms with Crippen molar-refractivity contribution in [3.8, 4) is 11.5 Å². The van der Waals surface area contributed by atoms with Crippen molar-refractivity contribution >= 4 is 22.0 Å². The number of nitrogens with zero attached hydrogens (tertiary/aromatic N) is 1. The second kappa shape index (κ2) is 4.52. The van der Waals surface area contributed by atoms with Gasteiger partial charge >= 0.3 is 0 Å². The maximum absolute atomic E-state index is 10.3. The first-order chi connectivity index (χ1) is 9.99. The van der Waals surface area contributed by atoms with E-state index in [0.29, 0.717) is 22.5 Å². The van der Waals surface area contributed by atoms with Crippen molar-refractivity contribution in [3.05, 3.63) is 42.7 Å². The molecule has 21 heavy (non-hydrogen) atoms. The Morgan fingerprint density at radius 2 is 2.05 bits per heavy atom. The molecule has 0 unspecified atom stereocenters. The third-order valence-corrected chi connectivity index (χ3v) is 3.86. The maximum atomic E-state index is 10.3. The Hall–Kier alpha value is -2.49. The predicted molar refractivity (Wildman–Crippen MR) is 83.0 cm³/mol. The summed E-state index contributed by atoms with van der Waals surface area (Å²) in [7, 11) is 1.62. The topological polar surface area (TPSA) is 55.5 Å². The summed E-state index contributed by atoms with van der Waals surface area (Å²) in [5.74, 6) is 0.887. The Morgan fingerprint density at radius 3 is 2.71 bits per heavy atom. The number of phenolic OH excluding ortho intramolecular Hbond substituents is 1. The molecule has 1 N–H and O–H groups in total. The summed E-state index contributed by atoms with van der Waals surface area (Å²) in [6.07, 6.45) is 3.37. The first kappa shape index (κ1) is 13.5. The second-order valence-corrected chi connectivity index (χ2v) is 5.57. The average molecular weight is 283 g/mol. The van der Waals surface area contributed by atoms with Gasteiger partial charge in [0.25, 0.3) is 0 Å². The molecular formula is C17H17NO3. The van der Waals surface area contributed by atoms with E-state index in [-0.39, 0.29) is 5.75 Å². The van der Waals surface area contributed by atoms with E-state index < -0.39 is 5.41 Å². The van der Waals surface area contributed by atoms with Crippen molar-refractivity contribution in [2.45, 2.75) is 19.3 Å². The van der Waals surface area contributed by atoms with Crippen molar-refractivity contribution < 1.29 is 14.3 Å². The molecule has 108 valence electrons. The van der Waals surface area contributed by atoms with Gasteiger partial charge < -0.3 is 14.3 Å². The van der Waals surface area contributed by atoms with Crippen molar-refractivity contribution in [3.63, 3.8) is 0 Å². The molecule has 0 radical (unpaired) electrons. The van der Waals surface area contributed by atoms with Crippen LogP contribution in [0, 0.1) is 0 Å². The van der Waals surface area contributed by atoms with Gasteiger partial charge in [-0.15, -0.1) is 6.58 Å². The van der Waals surface area contributed by atoms with Crippen LogP contribution in [0.3, 0.4) is 0 Å². The van der Waals surface area contributed by atoms with Crippen LogP contribution >= 0.6 is 0 Å². The highest BCUT2D eigenvalue weighted by Gasteiger charge is 2.26. The third-order valence-electron chi connectivity index (χ3n) is 3.86. The monoisotopic (exact) mass is 283 g/mol. The molecule has 4 nitrogen and oxygen atoms in total. The standard InChI is InChI=1S/C17H17NO3/c1-5-17(2,3)13-12(19)7-6-10-14(13)18-16-11(8-9-21-16)15(10)20-4/h5-9,19H,1H2,2-4H3. The summed E-state index contributed by atoms with van der Waals surface area (Å²) in [6, 6.07) is 5.30. The average Bonchev–Trinajstić information content (AvgIpc) is 2.92. The highest BCUT2D eigenvalue weighted by Crippen LogP contribution is 2.42. The van der Waals surface area contributed by atoms with Gasteiger partial charge in [0.2, 0.25) is 5.71 Å². The Balaban J connectivity index is 2.54. The van der Waals surface area contributed by atoms with Crippen LogP contribution in [0.5, 0.6) is 11.5 Å². The van der Waals surface area contributed by atoms with E-state index in [0.717, 1.165) is 10.8 Å². The SMILES string of the molecule is C=CC(C)(C)c1c(O)ccc2c(OC)c3ccoc3nc12. The van der Waals surface area contributed by atoms with Crippen LogP contribution in [-0.2, 0) is 5.41 Å². The fourth-order valence-corrected chi connectivity index (χ4v) is 2.64. The molecule has 0 aliphatic rings. The zero-order valence-corrected chi connectivity index (χ0v) is 12.3. The number of aromatic hydroxyl groups is 1. The zero-order valence-electron chi connectivity index (χ0n) is 12.3. The molecule has 0 saturated carbocycles. The van der Waals surface area contributed by atoms with Crippen LogP contribution in [0.25, 0.3) is 22.0 Å². The number of methoxy groups -OCH3 is 1. The number of pyridine rings is 1. The Kier molecular flexibility index (Phi) is 2.90. The van der Waals surface area contributed by atoms with Crippen LogP contribution in [-0.4, -0.2) is 17.2 Å². The van der Waals surface area contributed by atoms with E-state index in [4.69, 9.17) is 9.15 Å². The summed E-state index contributed by atoms with van der Waals surface area (Å²) in [5.41, 5.74) is 1.44. The maximum Gasteiger partial charge on any atom is 0.230 e. The van der Waals surface area contributed by atoms with E-state index >= 15 is 0 Å². The quantitative estimate of drug-likeness (QED) is 0.733. The lowest BCUT2D eigenvalue weighted by Crippen LogP contribution is -2.14. The minimum atomic E-state index is -0.429. The molecule has 1 aromatic carbocycles. The normalized spacial score (nSPS) is 12.0. The number of hydrogen-bond donors (Lipinski definition) is 1. The van der Waals surface area contributed by atoms with Crippen LogP contribution in [0.2, 0.25) is 0 Å². The first-order valence-corrected chi connectivity index (χ1v) is 6.70. The van der Waals surface area contributed by atoms with Gasteiger partial charge in [-0.2, -0.15) is 0 Å². The number of ether oxygens (including phenoxy) is 1. The highest BCUT2D eigenvalue weighted by atomic mass is 16.5. The predicted octanol–water partition coefficient (Wildman–Crippen LogP) is 4.16. The molecule has 0 fully saturated rings. The van der Waals surface area contributed by atoms with Crippen LogP contribution < -0.4 is 4.74 Å². The summed E-state index contributed by atoms with van der Waals surface area (Å²) in [5, 5.41) is 12.0. The van der Waals surface area contributed by atoms with Crippen LogP contribution in [0.1, 0.15) is 19.4 Å². The molecule has 3 rings (SSSR count). The molecule has 2 heterocycles. The van der Waals surface area contributed by atoms with Crippen molar-refractivity contribution in [1.82, 2.24) is 4.98 Å². The molecule has 0 spiro atoms. The van der Waals surface area contributed by atoms with Gasteiger partial charge in [-0.25, -0.2) is 4.98 Å². The van der Waals surface area contributed by atoms with E-state index in [9.17, 15) is 5.11 Å². The van der Waals surface area contributed by atoms with Gasteiger partial charge in [-0.3, -0.25) is 0 Å². The Bertz CT molecular complexity index is 846. The largest absolute Gasteiger partial charge is 0.508 e. The van der Waals surface area contributed by atoms with Gasteiger partial charge in [0.05, 0.1) is 24.3 Å². The molecule has 0 amide bonds. The molecule has 3 aromatic rings. The zero-order chi connectivity index (χ0) is 15.2. The first-order valence-electron chi connectivity index (χ1n) is 6.70. The lowest BCUT2D eigenvalue weighted by Gasteiger charge is -2.23.